The van der Waals surface area contributed by atoms with Gasteiger partial charge in [0.1, 0.15) is 0 Å². The molecule has 88 valence electrons. The fourth-order valence-corrected chi connectivity index (χ4v) is 3.55. The van der Waals surface area contributed by atoms with Crippen molar-refractivity contribution in [3.8, 4) is 0 Å². The molecule has 0 aliphatic carbocycles. The van der Waals surface area contributed by atoms with Crippen molar-refractivity contribution in [3.63, 3.8) is 0 Å². The van der Waals surface area contributed by atoms with E-state index in [1.54, 1.807) is 0 Å². The van der Waals surface area contributed by atoms with Crippen LogP contribution in [0.3, 0.4) is 0 Å². The van der Waals surface area contributed by atoms with Gasteiger partial charge in [0.05, 0.1) is 5.69 Å². The van der Waals surface area contributed by atoms with Gasteiger partial charge in [0.15, 0.2) is 5.16 Å². The molecular formula is C12H19N3S. The van der Waals surface area contributed by atoms with Crippen LogP contribution in [-0.4, -0.2) is 28.4 Å². The van der Waals surface area contributed by atoms with E-state index < -0.39 is 0 Å². The molecule has 3 heterocycles. The van der Waals surface area contributed by atoms with Crippen LogP contribution in [-0.2, 0) is 6.54 Å². The molecule has 1 aromatic heterocycles. The van der Waals surface area contributed by atoms with Crippen molar-refractivity contribution in [2.45, 2.75) is 43.3 Å². The van der Waals surface area contributed by atoms with Gasteiger partial charge in [0.2, 0.25) is 0 Å². The van der Waals surface area contributed by atoms with Crippen molar-refractivity contribution in [1.29, 1.82) is 0 Å². The fraction of sp³-hybridized carbons (Fsp3) is 0.750. The van der Waals surface area contributed by atoms with Crippen LogP contribution in [0.15, 0.2) is 11.4 Å². The van der Waals surface area contributed by atoms with Gasteiger partial charge in [-0.05, 0) is 32.2 Å². The summed E-state index contributed by atoms with van der Waals surface area (Å²) in [7, 11) is 0. The maximum absolute atomic E-state index is 4.82. The Hall–Kier alpha value is -0.480. The van der Waals surface area contributed by atoms with Gasteiger partial charge in [-0.25, -0.2) is 4.98 Å². The molecule has 3 rings (SSSR count). The van der Waals surface area contributed by atoms with Gasteiger partial charge >= 0.3 is 0 Å². The van der Waals surface area contributed by atoms with Crippen molar-refractivity contribution in [2.24, 2.45) is 0 Å². The zero-order valence-electron chi connectivity index (χ0n) is 9.61. The van der Waals surface area contributed by atoms with Crippen molar-refractivity contribution < 1.29 is 0 Å². The summed E-state index contributed by atoms with van der Waals surface area (Å²) >= 11 is 1.93. The van der Waals surface area contributed by atoms with Crippen LogP contribution < -0.4 is 5.32 Å². The molecule has 0 spiro atoms. The molecule has 3 nitrogen and oxygen atoms in total. The number of nitrogens with one attached hydrogen (secondary N) is 1. The van der Waals surface area contributed by atoms with E-state index in [1.165, 1.54) is 48.8 Å². The highest BCUT2D eigenvalue weighted by molar-refractivity contribution is 7.99. The summed E-state index contributed by atoms with van der Waals surface area (Å²) in [5.74, 6) is 1.88. The van der Waals surface area contributed by atoms with Crippen molar-refractivity contribution in [2.75, 3.05) is 18.8 Å². The third-order valence-corrected chi connectivity index (χ3v) is 4.58. The van der Waals surface area contributed by atoms with Gasteiger partial charge < -0.3 is 9.88 Å². The van der Waals surface area contributed by atoms with Crippen LogP contribution >= 0.6 is 11.8 Å². The molecule has 0 aromatic carbocycles. The monoisotopic (exact) mass is 237 g/mol. The molecule has 1 unspecified atom stereocenters. The Bertz CT molecular complexity index is 332. The van der Waals surface area contributed by atoms with Gasteiger partial charge in [-0.2, -0.15) is 0 Å². The zero-order chi connectivity index (χ0) is 10.8. The van der Waals surface area contributed by atoms with Crippen LogP contribution in [0, 0.1) is 0 Å². The Morgan fingerprint density at radius 1 is 1.38 bits per heavy atom. The van der Waals surface area contributed by atoms with Crippen LogP contribution in [0.1, 0.15) is 37.3 Å². The largest absolute Gasteiger partial charge is 0.326 e. The minimum absolute atomic E-state index is 0.647. The van der Waals surface area contributed by atoms with E-state index in [9.17, 15) is 0 Å². The number of rotatable bonds is 1. The summed E-state index contributed by atoms with van der Waals surface area (Å²) in [6.07, 6.45) is 7.52. The number of hydrogen-bond donors (Lipinski definition) is 1. The van der Waals surface area contributed by atoms with E-state index in [0.717, 1.165) is 13.1 Å². The van der Waals surface area contributed by atoms with Crippen molar-refractivity contribution in [3.05, 3.63) is 11.9 Å². The Morgan fingerprint density at radius 2 is 2.38 bits per heavy atom. The second-order valence-corrected chi connectivity index (χ2v) is 5.80. The number of nitrogens with zero attached hydrogens (tertiary/aromatic N) is 2. The second-order valence-electron chi connectivity index (χ2n) is 4.74. The van der Waals surface area contributed by atoms with E-state index in [1.807, 2.05) is 11.8 Å². The molecule has 0 bridgehead atoms. The topological polar surface area (TPSA) is 29.9 Å². The van der Waals surface area contributed by atoms with Gasteiger partial charge in [0.25, 0.3) is 0 Å². The lowest BCUT2D eigenvalue weighted by Crippen LogP contribution is -2.28. The Balaban J connectivity index is 1.80. The number of thioether (sulfide) groups is 1. The summed E-state index contributed by atoms with van der Waals surface area (Å²) in [5, 5.41) is 4.72. The number of aromatic nitrogens is 2. The molecule has 1 N–H and O–H groups in total. The summed E-state index contributed by atoms with van der Waals surface area (Å²) < 4.78 is 2.36. The zero-order valence-corrected chi connectivity index (χ0v) is 10.4. The predicted molar refractivity (Wildman–Crippen MR) is 67.0 cm³/mol. The first-order valence-electron chi connectivity index (χ1n) is 6.34. The maximum Gasteiger partial charge on any atom is 0.168 e. The SMILES string of the molecule is c1c(C2CCCNC2)nc2n1CCCCS2. The normalized spacial score (nSPS) is 26.1. The van der Waals surface area contributed by atoms with Gasteiger partial charge in [0, 0.05) is 31.0 Å². The van der Waals surface area contributed by atoms with E-state index in [2.05, 4.69) is 16.1 Å². The molecule has 0 saturated carbocycles. The Labute approximate surface area is 101 Å². The molecule has 1 atom stereocenters. The summed E-state index contributed by atoms with van der Waals surface area (Å²) in [6, 6.07) is 0. The lowest BCUT2D eigenvalue weighted by Gasteiger charge is -2.20. The number of imidazole rings is 1. The molecule has 1 saturated heterocycles. The average molecular weight is 237 g/mol. The lowest BCUT2D eigenvalue weighted by atomic mass is 9.97. The van der Waals surface area contributed by atoms with Gasteiger partial charge in [-0.3, -0.25) is 0 Å². The second kappa shape index (κ2) is 4.80. The van der Waals surface area contributed by atoms with Crippen LogP contribution in [0.5, 0.6) is 0 Å². The van der Waals surface area contributed by atoms with Gasteiger partial charge in [-0.15, -0.1) is 0 Å². The highest BCUT2D eigenvalue weighted by Gasteiger charge is 2.20. The van der Waals surface area contributed by atoms with E-state index >= 15 is 0 Å². The molecule has 1 aromatic rings. The lowest BCUT2D eigenvalue weighted by molar-refractivity contribution is 0.455. The first-order valence-corrected chi connectivity index (χ1v) is 7.32. The van der Waals surface area contributed by atoms with Crippen molar-refractivity contribution >= 4 is 11.8 Å². The molecular weight excluding hydrogens is 218 g/mol. The summed E-state index contributed by atoms with van der Waals surface area (Å²) in [5.41, 5.74) is 1.32. The highest BCUT2D eigenvalue weighted by Crippen LogP contribution is 2.28. The summed E-state index contributed by atoms with van der Waals surface area (Å²) in [6.45, 7) is 3.45. The standard InChI is InChI=1S/C12H19N3S/c1-2-7-16-12-14-11(9-15(12)6-1)10-4-3-5-13-8-10/h9-10,13H,1-8H2. The first-order chi connectivity index (χ1) is 7.93. The first kappa shape index (κ1) is 10.7. The number of hydrogen-bond acceptors (Lipinski definition) is 3. The van der Waals surface area contributed by atoms with E-state index in [0.29, 0.717) is 5.92 Å². The van der Waals surface area contributed by atoms with E-state index in [-0.39, 0.29) is 0 Å². The smallest absolute Gasteiger partial charge is 0.168 e. The van der Waals surface area contributed by atoms with E-state index in [4.69, 9.17) is 4.98 Å². The fourth-order valence-electron chi connectivity index (χ4n) is 2.54. The number of aryl methyl sites for hydroxylation is 1. The van der Waals surface area contributed by atoms with Gasteiger partial charge in [-0.1, -0.05) is 11.8 Å². The molecule has 1 fully saturated rings. The Morgan fingerprint density at radius 3 is 3.25 bits per heavy atom. The van der Waals surface area contributed by atoms with Crippen LogP contribution in [0.2, 0.25) is 0 Å². The molecule has 4 heteroatoms. The number of fused-ring (bicyclic) bond motifs is 1. The average Bonchev–Trinajstić information content (AvgIpc) is 2.62. The Kier molecular flexibility index (Phi) is 3.20. The maximum atomic E-state index is 4.82. The minimum atomic E-state index is 0.647. The molecule has 16 heavy (non-hydrogen) atoms. The van der Waals surface area contributed by atoms with Crippen molar-refractivity contribution in [1.82, 2.24) is 14.9 Å². The molecule has 0 radical (unpaired) electrons. The van der Waals surface area contributed by atoms with Crippen LogP contribution in [0.25, 0.3) is 0 Å². The summed E-state index contributed by atoms with van der Waals surface area (Å²) in [4.78, 5) is 4.82. The predicted octanol–water partition coefficient (Wildman–Crippen LogP) is 2.24. The van der Waals surface area contributed by atoms with Crippen LogP contribution in [0.4, 0.5) is 0 Å². The third-order valence-electron chi connectivity index (χ3n) is 3.50. The molecule has 2 aliphatic rings. The highest BCUT2D eigenvalue weighted by atomic mass is 32.2. The molecule has 0 amide bonds. The quantitative estimate of drug-likeness (QED) is 0.812. The molecule has 2 aliphatic heterocycles. The number of piperidine rings is 1. The minimum Gasteiger partial charge on any atom is -0.326 e. The third kappa shape index (κ3) is 2.13.